The van der Waals surface area contributed by atoms with Gasteiger partial charge in [-0.05, 0) is 25.1 Å². The summed E-state index contributed by atoms with van der Waals surface area (Å²) in [6.45, 7) is 1.78. The number of nitrogens with one attached hydrogen (secondary N) is 2. The van der Waals surface area contributed by atoms with Crippen LogP contribution >= 0.6 is 0 Å². The molecule has 0 aliphatic rings. The third-order valence-electron chi connectivity index (χ3n) is 3.60. The van der Waals surface area contributed by atoms with E-state index in [1.165, 1.54) is 18.2 Å². The number of hydrogen-bond donors (Lipinski definition) is 2. The monoisotopic (exact) mass is 335 g/mol. The number of nitrogens with zero attached hydrogens (tertiary/aromatic N) is 3. The van der Waals surface area contributed by atoms with Gasteiger partial charge in [-0.3, -0.25) is 9.89 Å². The average Bonchev–Trinajstić information content (AvgIpc) is 3.07. The lowest BCUT2D eigenvalue weighted by molar-refractivity contribution is 0.0945. The Morgan fingerprint density at radius 3 is 2.76 bits per heavy atom. The Morgan fingerprint density at radius 2 is 2.08 bits per heavy atom. The largest absolute Gasteiger partial charge is 0.332 e. The van der Waals surface area contributed by atoms with Gasteiger partial charge in [0.05, 0.1) is 6.07 Å². The molecular weight excluding hydrogens is 321 g/mol. The standard InChI is InChI=1S/C18H14FN5O/c1-11-21-17(24-23-11)12-5-4-6-13(9-12)18(25)22-16(10-20)14-7-2-3-8-15(14)19/h2-9,16H,1H3,(H,22,25)(H,21,23,24)/t16-/m1/s1. The number of aryl methyl sites for hydroxylation is 1. The van der Waals surface area contributed by atoms with Gasteiger partial charge in [-0.25, -0.2) is 9.37 Å². The lowest BCUT2D eigenvalue weighted by Crippen LogP contribution is -2.28. The summed E-state index contributed by atoms with van der Waals surface area (Å²) in [4.78, 5) is 16.7. The molecule has 124 valence electrons. The first-order valence-electron chi connectivity index (χ1n) is 7.53. The van der Waals surface area contributed by atoms with Gasteiger partial charge in [-0.2, -0.15) is 10.4 Å². The lowest BCUT2D eigenvalue weighted by atomic mass is 10.1. The van der Waals surface area contributed by atoms with Crippen LogP contribution in [0.5, 0.6) is 0 Å². The van der Waals surface area contributed by atoms with E-state index in [1.807, 2.05) is 6.07 Å². The van der Waals surface area contributed by atoms with E-state index in [1.54, 1.807) is 37.3 Å². The summed E-state index contributed by atoms with van der Waals surface area (Å²) in [6, 6.07) is 13.4. The molecule has 6 nitrogen and oxygen atoms in total. The van der Waals surface area contributed by atoms with Gasteiger partial charge >= 0.3 is 0 Å². The second kappa shape index (κ2) is 6.93. The third kappa shape index (κ3) is 3.53. The Hall–Kier alpha value is -3.53. The van der Waals surface area contributed by atoms with Crippen LogP contribution in [0.25, 0.3) is 11.4 Å². The molecule has 0 bridgehead atoms. The Kier molecular flexibility index (Phi) is 4.53. The van der Waals surface area contributed by atoms with Crippen LogP contribution in [0.15, 0.2) is 48.5 Å². The third-order valence-corrected chi connectivity index (χ3v) is 3.60. The molecule has 0 aliphatic carbocycles. The van der Waals surface area contributed by atoms with E-state index in [2.05, 4.69) is 20.5 Å². The van der Waals surface area contributed by atoms with Gasteiger partial charge in [-0.1, -0.05) is 30.3 Å². The van der Waals surface area contributed by atoms with Gasteiger partial charge in [0, 0.05) is 16.7 Å². The highest BCUT2D eigenvalue weighted by molar-refractivity contribution is 5.95. The molecule has 3 aromatic rings. The minimum absolute atomic E-state index is 0.124. The molecule has 2 N–H and O–H groups in total. The highest BCUT2D eigenvalue weighted by Gasteiger charge is 2.18. The van der Waals surface area contributed by atoms with Crippen molar-refractivity contribution in [3.8, 4) is 17.5 Å². The first-order valence-corrected chi connectivity index (χ1v) is 7.53. The van der Waals surface area contributed by atoms with E-state index in [9.17, 15) is 14.4 Å². The summed E-state index contributed by atoms with van der Waals surface area (Å²) in [5.41, 5.74) is 1.12. The average molecular weight is 335 g/mol. The summed E-state index contributed by atoms with van der Waals surface area (Å²) in [6.07, 6.45) is 0. The molecule has 2 aromatic carbocycles. The van der Waals surface area contributed by atoms with E-state index >= 15 is 0 Å². The molecule has 0 spiro atoms. The van der Waals surface area contributed by atoms with Crippen molar-refractivity contribution in [2.24, 2.45) is 0 Å². The van der Waals surface area contributed by atoms with Crippen LogP contribution in [0.4, 0.5) is 4.39 Å². The number of amides is 1. The maximum Gasteiger partial charge on any atom is 0.252 e. The molecule has 25 heavy (non-hydrogen) atoms. The molecule has 0 aliphatic heterocycles. The minimum Gasteiger partial charge on any atom is -0.332 e. The van der Waals surface area contributed by atoms with Gasteiger partial charge in [0.1, 0.15) is 17.7 Å². The smallest absolute Gasteiger partial charge is 0.252 e. The Balaban J connectivity index is 1.84. The summed E-state index contributed by atoms with van der Waals surface area (Å²) in [5, 5.41) is 18.6. The first kappa shape index (κ1) is 16.3. The summed E-state index contributed by atoms with van der Waals surface area (Å²) >= 11 is 0. The molecule has 1 amide bonds. The van der Waals surface area contributed by atoms with Crippen molar-refractivity contribution in [3.05, 3.63) is 71.3 Å². The predicted octanol–water partition coefficient (Wildman–Crippen LogP) is 2.91. The fourth-order valence-electron chi connectivity index (χ4n) is 2.37. The Bertz CT molecular complexity index is 960. The fraction of sp³-hybridized carbons (Fsp3) is 0.111. The normalized spacial score (nSPS) is 11.6. The zero-order valence-corrected chi connectivity index (χ0v) is 13.3. The Labute approximate surface area is 143 Å². The SMILES string of the molecule is Cc1nc(-c2cccc(C(=O)N[C@H](C#N)c3ccccc3F)c2)n[nH]1. The van der Waals surface area contributed by atoms with Crippen LogP contribution in [-0.4, -0.2) is 21.1 Å². The quantitative estimate of drug-likeness (QED) is 0.766. The van der Waals surface area contributed by atoms with Gasteiger partial charge in [0.2, 0.25) is 0 Å². The molecular formula is C18H14FN5O. The van der Waals surface area contributed by atoms with Crippen LogP contribution in [0.3, 0.4) is 0 Å². The van der Waals surface area contributed by atoms with Crippen LogP contribution in [-0.2, 0) is 0 Å². The van der Waals surface area contributed by atoms with Crippen molar-refractivity contribution in [2.45, 2.75) is 13.0 Å². The molecule has 0 saturated heterocycles. The number of aromatic nitrogens is 3. The van der Waals surface area contributed by atoms with Crippen molar-refractivity contribution in [1.29, 1.82) is 5.26 Å². The number of carbonyl (C=O) groups excluding carboxylic acids is 1. The maximum atomic E-state index is 13.8. The van der Waals surface area contributed by atoms with Crippen molar-refractivity contribution in [2.75, 3.05) is 0 Å². The maximum absolute atomic E-state index is 13.8. The van der Waals surface area contributed by atoms with E-state index in [0.29, 0.717) is 22.8 Å². The van der Waals surface area contributed by atoms with Gasteiger partial charge < -0.3 is 5.32 Å². The van der Waals surface area contributed by atoms with Crippen molar-refractivity contribution in [1.82, 2.24) is 20.5 Å². The number of hydrogen-bond acceptors (Lipinski definition) is 4. The van der Waals surface area contributed by atoms with Gasteiger partial charge in [0.15, 0.2) is 5.82 Å². The molecule has 1 aromatic heterocycles. The molecule has 1 atom stereocenters. The Morgan fingerprint density at radius 1 is 1.28 bits per heavy atom. The van der Waals surface area contributed by atoms with E-state index in [4.69, 9.17) is 0 Å². The zero-order chi connectivity index (χ0) is 17.8. The summed E-state index contributed by atoms with van der Waals surface area (Å²) < 4.78 is 13.8. The minimum atomic E-state index is -1.08. The molecule has 3 rings (SSSR count). The molecule has 7 heteroatoms. The number of aromatic amines is 1. The van der Waals surface area contributed by atoms with E-state index < -0.39 is 17.8 Å². The van der Waals surface area contributed by atoms with Crippen LogP contribution in [0.2, 0.25) is 0 Å². The molecule has 1 heterocycles. The zero-order valence-electron chi connectivity index (χ0n) is 13.3. The van der Waals surface area contributed by atoms with E-state index in [0.717, 1.165) is 0 Å². The van der Waals surface area contributed by atoms with Gasteiger partial charge in [0.25, 0.3) is 5.91 Å². The molecule has 0 fully saturated rings. The first-order chi connectivity index (χ1) is 12.1. The number of H-pyrrole nitrogens is 1. The van der Waals surface area contributed by atoms with Crippen LogP contribution < -0.4 is 5.32 Å². The highest BCUT2D eigenvalue weighted by atomic mass is 19.1. The molecule has 0 saturated carbocycles. The van der Waals surface area contributed by atoms with Crippen LogP contribution in [0.1, 0.15) is 27.8 Å². The number of carbonyl (C=O) groups is 1. The molecule has 0 radical (unpaired) electrons. The number of halogens is 1. The lowest BCUT2D eigenvalue weighted by Gasteiger charge is -2.13. The number of nitriles is 1. The number of rotatable bonds is 4. The fourth-order valence-corrected chi connectivity index (χ4v) is 2.37. The predicted molar refractivity (Wildman–Crippen MR) is 88.8 cm³/mol. The van der Waals surface area contributed by atoms with Crippen molar-refractivity contribution >= 4 is 5.91 Å². The van der Waals surface area contributed by atoms with Crippen molar-refractivity contribution in [3.63, 3.8) is 0 Å². The van der Waals surface area contributed by atoms with Crippen molar-refractivity contribution < 1.29 is 9.18 Å². The summed E-state index contributed by atoms with van der Waals surface area (Å²) in [7, 11) is 0. The topological polar surface area (TPSA) is 94.5 Å². The van der Waals surface area contributed by atoms with E-state index in [-0.39, 0.29) is 5.56 Å². The van der Waals surface area contributed by atoms with Gasteiger partial charge in [-0.15, -0.1) is 0 Å². The second-order valence-electron chi connectivity index (χ2n) is 5.38. The van der Waals surface area contributed by atoms with Crippen LogP contribution in [0, 0.1) is 24.1 Å². The molecule has 0 unspecified atom stereocenters. The second-order valence-corrected chi connectivity index (χ2v) is 5.38. The highest BCUT2D eigenvalue weighted by Crippen LogP contribution is 2.19. The summed E-state index contributed by atoms with van der Waals surface area (Å²) in [5.74, 6) is 0.107. The number of benzene rings is 2.